The minimum Gasteiger partial charge on any atom is -0.508 e. The van der Waals surface area contributed by atoms with Crippen molar-refractivity contribution in [2.75, 3.05) is 13.2 Å². The smallest absolute Gasteiger partial charge is 0.328 e. The van der Waals surface area contributed by atoms with Gasteiger partial charge in [0.2, 0.25) is 17.7 Å². The zero-order valence-electron chi connectivity index (χ0n) is 20.8. The van der Waals surface area contributed by atoms with E-state index in [-0.39, 0.29) is 18.6 Å². The fraction of sp³-hybridized carbons (Fsp3) is 0.458. The number of carbonyl (C=O) groups is 4. The van der Waals surface area contributed by atoms with Crippen molar-refractivity contribution in [3.63, 3.8) is 0 Å². The van der Waals surface area contributed by atoms with Crippen molar-refractivity contribution >= 4 is 23.7 Å². The molecule has 0 aliphatic heterocycles. The van der Waals surface area contributed by atoms with Gasteiger partial charge in [-0.15, -0.1) is 0 Å². The Balaban J connectivity index is 2.24. The molecule has 1 aromatic carbocycles. The third kappa shape index (κ3) is 9.80. The first-order valence-corrected chi connectivity index (χ1v) is 12.1. The average molecular weight is 534 g/mol. The number of phenolic OH excluding ortho intramolecular Hbond substituents is 1. The molecule has 208 valence electrons. The number of nitrogens with zero attached hydrogens (tertiary/aromatic N) is 1. The van der Waals surface area contributed by atoms with Gasteiger partial charge in [-0.3, -0.25) is 14.4 Å². The van der Waals surface area contributed by atoms with Crippen LogP contribution >= 0.6 is 0 Å². The Morgan fingerprint density at radius 1 is 0.921 bits per heavy atom. The van der Waals surface area contributed by atoms with Crippen molar-refractivity contribution in [1.82, 2.24) is 25.9 Å². The number of hydrogen-bond donors (Lipinski definition) is 9. The molecule has 3 amide bonds. The summed E-state index contributed by atoms with van der Waals surface area (Å²) in [5.41, 5.74) is 12.6. The van der Waals surface area contributed by atoms with Crippen molar-refractivity contribution in [1.29, 1.82) is 0 Å². The van der Waals surface area contributed by atoms with Gasteiger partial charge >= 0.3 is 5.97 Å². The third-order valence-corrected chi connectivity index (χ3v) is 5.72. The van der Waals surface area contributed by atoms with Gasteiger partial charge < -0.3 is 47.7 Å². The lowest BCUT2D eigenvalue weighted by Gasteiger charge is -2.25. The highest BCUT2D eigenvalue weighted by Crippen LogP contribution is 2.12. The van der Waals surface area contributed by atoms with Gasteiger partial charge in [-0.1, -0.05) is 18.6 Å². The summed E-state index contributed by atoms with van der Waals surface area (Å²) < 4.78 is 0. The number of imidazole rings is 1. The number of aliphatic carboxylic acids is 1. The molecule has 0 saturated carbocycles. The molecule has 0 aliphatic rings. The van der Waals surface area contributed by atoms with Gasteiger partial charge in [0.05, 0.1) is 19.0 Å². The predicted octanol–water partition coefficient (Wildman–Crippen LogP) is -2.11. The number of aliphatic hydroxyl groups is 1. The molecule has 2 aromatic rings. The summed E-state index contributed by atoms with van der Waals surface area (Å²) in [4.78, 5) is 57.0. The number of aliphatic hydroxyl groups excluding tert-OH is 1. The van der Waals surface area contributed by atoms with Crippen molar-refractivity contribution in [3.8, 4) is 5.75 Å². The number of unbranched alkanes of at least 4 members (excludes halogenated alkanes) is 1. The predicted molar refractivity (Wildman–Crippen MR) is 135 cm³/mol. The second-order valence-corrected chi connectivity index (χ2v) is 8.75. The molecule has 4 atom stereocenters. The monoisotopic (exact) mass is 533 g/mol. The molecule has 1 heterocycles. The number of benzene rings is 1. The SMILES string of the molecule is NCCCCC(N)C(=O)NC(Cc1ccc(O)cc1)C(=O)NC(Cc1cnc[nH]1)C(=O)NC(CO)C(=O)O. The first kappa shape index (κ1) is 30.2. The van der Waals surface area contributed by atoms with Crippen molar-refractivity contribution in [2.24, 2.45) is 11.5 Å². The lowest BCUT2D eigenvalue weighted by Crippen LogP contribution is -2.58. The topological polar surface area (TPSA) is 246 Å². The van der Waals surface area contributed by atoms with Crippen LogP contribution in [0.2, 0.25) is 0 Å². The number of phenols is 1. The molecule has 0 spiro atoms. The fourth-order valence-electron chi connectivity index (χ4n) is 3.55. The molecule has 14 nitrogen and oxygen atoms in total. The van der Waals surface area contributed by atoms with Crippen LogP contribution in [0.3, 0.4) is 0 Å². The first-order chi connectivity index (χ1) is 18.1. The van der Waals surface area contributed by atoms with Gasteiger partial charge in [-0.05, 0) is 37.1 Å². The van der Waals surface area contributed by atoms with E-state index in [4.69, 9.17) is 11.5 Å². The van der Waals surface area contributed by atoms with Crippen LogP contribution in [-0.4, -0.2) is 86.3 Å². The second kappa shape index (κ2) is 15.3. The highest BCUT2D eigenvalue weighted by Gasteiger charge is 2.30. The lowest BCUT2D eigenvalue weighted by atomic mass is 10.0. The number of amides is 3. The van der Waals surface area contributed by atoms with Crippen LogP contribution in [0.15, 0.2) is 36.8 Å². The molecule has 0 radical (unpaired) electrons. The van der Waals surface area contributed by atoms with Crippen molar-refractivity contribution < 1.29 is 34.5 Å². The number of carboxylic acids is 1. The number of nitrogens with one attached hydrogen (secondary N) is 4. The molecule has 4 unspecified atom stereocenters. The van der Waals surface area contributed by atoms with E-state index < -0.39 is 54.5 Å². The van der Waals surface area contributed by atoms with Crippen molar-refractivity contribution in [2.45, 2.75) is 56.3 Å². The van der Waals surface area contributed by atoms with E-state index >= 15 is 0 Å². The number of rotatable bonds is 16. The number of hydrogen-bond acceptors (Lipinski definition) is 9. The summed E-state index contributed by atoms with van der Waals surface area (Å²) in [7, 11) is 0. The largest absolute Gasteiger partial charge is 0.508 e. The van der Waals surface area contributed by atoms with E-state index in [1.54, 1.807) is 12.1 Å². The minimum atomic E-state index is -1.58. The van der Waals surface area contributed by atoms with Gasteiger partial charge in [0.1, 0.15) is 23.9 Å². The third-order valence-electron chi connectivity index (χ3n) is 5.72. The summed E-state index contributed by atoms with van der Waals surface area (Å²) in [5, 5.41) is 35.4. The number of nitrogens with two attached hydrogens (primary N) is 2. The number of carbonyl (C=O) groups excluding carboxylic acids is 3. The van der Waals surface area contributed by atoms with Crippen LogP contribution in [0.4, 0.5) is 0 Å². The van der Waals surface area contributed by atoms with E-state index in [0.29, 0.717) is 37.1 Å². The maximum absolute atomic E-state index is 13.4. The summed E-state index contributed by atoms with van der Waals surface area (Å²) in [5.74, 6) is -3.58. The van der Waals surface area contributed by atoms with Gasteiger partial charge in [0.25, 0.3) is 0 Å². The van der Waals surface area contributed by atoms with E-state index in [0.717, 1.165) is 0 Å². The van der Waals surface area contributed by atoms with E-state index in [1.165, 1.54) is 24.7 Å². The lowest BCUT2D eigenvalue weighted by molar-refractivity contribution is -0.143. The molecule has 1 aromatic heterocycles. The van der Waals surface area contributed by atoms with Crippen LogP contribution in [0.1, 0.15) is 30.5 Å². The molecule has 0 aliphatic carbocycles. The zero-order valence-corrected chi connectivity index (χ0v) is 20.8. The summed E-state index contributed by atoms with van der Waals surface area (Å²) >= 11 is 0. The fourth-order valence-corrected chi connectivity index (χ4v) is 3.55. The zero-order chi connectivity index (χ0) is 28.1. The standard InChI is InChI=1S/C24H35N7O7/c25-8-2-1-3-17(26)21(34)29-18(9-14-4-6-16(33)7-5-14)22(35)30-19(10-15-11-27-13-28-15)23(36)31-20(12-32)24(37)38/h4-7,11,13,17-20,32-33H,1-3,8-10,12,25-26H2,(H,27,28)(H,29,34)(H,30,35)(H,31,36)(H,37,38). The normalized spacial score (nSPS) is 14.1. The van der Waals surface area contributed by atoms with Crippen LogP contribution in [0.25, 0.3) is 0 Å². The Hall–Kier alpha value is -4.01. The highest BCUT2D eigenvalue weighted by molar-refractivity contribution is 5.94. The summed E-state index contributed by atoms with van der Waals surface area (Å²) in [6, 6.07) is 1.13. The molecule has 38 heavy (non-hydrogen) atoms. The van der Waals surface area contributed by atoms with Gasteiger partial charge in [0.15, 0.2) is 0 Å². The van der Waals surface area contributed by atoms with Crippen LogP contribution in [-0.2, 0) is 32.0 Å². The minimum absolute atomic E-state index is 0.0140. The average Bonchev–Trinajstić information content (AvgIpc) is 3.40. The molecule has 0 fully saturated rings. The summed E-state index contributed by atoms with van der Waals surface area (Å²) in [6.45, 7) is -0.396. The van der Waals surface area contributed by atoms with Gasteiger partial charge in [0, 0.05) is 24.7 Å². The molecule has 0 bridgehead atoms. The number of H-pyrrole nitrogens is 1. The van der Waals surface area contributed by atoms with E-state index in [9.17, 15) is 34.5 Å². The molecule has 11 N–H and O–H groups in total. The first-order valence-electron chi connectivity index (χ1n) is 12.1. The van der Waals surface area contributed by atoms with Crippen LogP contribution < -0.4 is 27.4 Å². The maximum atomic E-state index is 13.4. The Bertz CT molecular complexity index is 1050. The Morgan fingerprint density at radius 3 is 2.08 bits per heavy atom. The Labute approximate surface area is 219 Å². The number of aromatic hydroxyl groups is 1. The molecule has 14 heteroatoms. The molecule has 2 rings (SSSR count). The van der Waals surface area contributed by atoms with Crippen molar-refractivity contribution in [3.05, 3.63) is 48.0 Å². The van der Waals surface area contributed by atoms with Gasteiger partial charge in [-0.25, -0.2) is 9.78 Å². The molecular formula is C24H35N7O7. The molecule has 0 saturated heterocycles. The maximum Gasteiger partial charge on any atom is 0.328 e. The van der Waals surface area contributed by atoms with E-state index in [2.05, 4.69) is 25.9 Å². The second-order valence-electron chi connectivity index (χ2n) is 8.75. The Kier molecular flexibility index (Phi) is 12.2. The number of aromatic nitrogens is 2. The quantitative estimate of drug-likeness (QED) is 0.106. The highest BCUT2D eigenvalue weighted by atomic mass is 16.4. The Morgan fingerprint density at radius 2 is 1.53 bits per heavy atom. The van der Waals surface area contributed by atoms with E-state index in [1.807, 2.05) is 0 Å². The molecular weight excluding hydrogens is 498 g/mol. The number of carboxylic acid groups (broad SMARTS) is 1. The number of aromatic amines is 1. The van der Waals surface area contributed by atoms with Gasteiger partial charge in [-0.2, -0.15) is 0 Å². The van der Waals surface area contributed by atoms with Crippen LogP contribution in [0.5, 0.6) is 5.75 Å². The summed E-state index contributed by atoms with van der Waals surface area (Å²) in [6.07, 6.45) is 4.42. The van der Waals surface area contributed by atoms with Crippen LogP contribution in [0, 0.1) is 0 Å².